The molecule has 26 heavy (non-hydrogen) atoms. The topological polar surface area (TPSA) is 60.7 Å². The van der Waals surface area contributed by atoms with Crippen LogP contribution in [0, 0.1) is 5.82 Å². The van der Waals surface area contributed by atoms with Gasteiger partial charge in [-0.05, 0) is 17.7 Å². The van der Waals surface area contributed by atoms with Gasteiger partial charge in [-0.15, -0.1) is 0 Å². The third-order valence-corrected chi connectivity index (χ3v) is 4.26. The molecule has 0 amide bonds. The molecular weight excluding hydrogens is 335 g/mol. The molecule has 0 atom stereocenters. The first kappa shape index (κ1) is 16.0. The average Bonchev–Trinajstić information content (AvgIpc) is 2.68. The molecule has 0 N–H and O–H groups in total. The highest BCUT2D eigenvalue weighted by Gasteiger charge is 2.21. The molecule has 0 spiro atoms. The second kappa shape index (κ2) is 6.07. The molecule has 0 aliphatic rings. The van der Waals surface area contributed by atoms with Crippen molar-refractivity contribution < 1.29 is 13.9 Å². The smallest absolute Gasteiger partial charge is 0.340 e. The van der Waals surface area contributed by atoms with Gasteiger partial charge in [-0.25, -0.2) is 9.18 Å². The molecule has 0 saturated heterocycles. The summed E-state index contributed by atoms with van der Waals surface area (Å²) in [6, 6.07) is 14.8. The van der Waals surface area contributed by atoms with Crippen LogP contribution < -0.4 is 5.56 Å². The van der Waals surface area contributed by atoms with Crippen molar-refractivity contribution in [3.8, 4) is 11.1 Å². The molecule has 0 radical (unpaired) electrons. The summed E-state index contributed by atoms with van der Waals surface area (Å²) in [5, 5.41) is 4.78. The number of nitrogens with zero attached hydrogens (tertiary/aromatic N) is 2. The van der Waals surface area contributed by atoms with Crippen LogP contribution in [-0.2, 0) is 4.74 Å². The van der Waals surface area contributed by atoms with Crippen LogP contribution in [0.4, 0.5) is 4.39 Å². The summed E-state index contributed by atoms with van der Waals surface area (Å²) >= 11 is 0. The summed E-state index contributed by atoms with van der Waals surface area (Å²) in [5.41, 5.74) is 0.648. The zero-order valence-corrected chi connectivity index (χ0v) is 13.8. The van der Waals surface area contributed by atoms with Gasteiger partial charge in [-0.2, -0.15) is 9.61 Å². The molecule has 128 valence electrons. The average molecular weight is 348 g/mol. The Morgan fingerprint density at radius 1 is 1.12 bits per heavy atom. The first-order chi connectivity index (χ1) is 12.6. The number of pyridine rings is 1. The van der Waals surface area contributed by atoms with E-state index in [1.165, 1.54) is 25.4 Å². The maximum Gasteiger partial charge on any atom is 0.340 e. The van der Waals surface area contributed by atoms with Gasteiger partial charge in [0.05, 0.1) is 24.4 Å². The second-order valence-electron chi connectivity index (χ2n) is 5.74. The number of halogens is 1. The number of ether oxygens (including phenoxy) is 1. The van der Waals surface area contributed by atoms with Gasteiger partial charge in [0, 0.05) is 16.3 Å². The van der Waals surface area contributed by atoms with Crippen molar-refractivity contribution in [1.82, 2.24) is 9.61 Å². The number of methoxy groups -OCH3 is 1. The highest BCUT2D eigenvalue weighted by molar-refractivity contribution is 6.08. The van der Waals surface area contributed by atoms with Crippen molar-refractivity contribution in [2.24, 2.45) is 0 Å². The molecule has 0 unspecified atom stereocenters. The number of carbonyl (C=O) groups excluding carboxylic acids is 1. The van der Waals surface area contributed by atoms with E-state index >= 15 is 0 Å². The molecule has 0 bridgehead atoms. The second-order valence-corrected chi connectivity index (χ2v) is 5.74. The van der Waals surface area contributed by atoms with Gasteiger partial charge in [0.2, 0.25) is 0 Å². The Kier molecular flexibility index (Phi) is 3.73. The molecule has 4 aromatic rings. The Balaban J connectivity index is 2.23. The standard InChI is InChI=1S/C20H13FN2O3/c1-26-20(25)15-10-14(12-6-3-2-4-7-12)19(24)23-18(15)17-13(11-22-23)8-5-9-16(17)21/h2-11H,1H3. The van der Waals surface area contributed by atoms with Crippen molar-refractivity contribution in [1.29, 1.82) is 0 Å². The first-order valence-electron chi connectivity index (χ1n) is 7.89. The van der Waals surface area contributed by atoms with Gasteiger partial charge in [-0.3, -0.25) is 4.79 Å². The van der Waals surface area contributed by atoms with Gasteiger partial charge in [0.1, 0.15) is 5.82 Å². The fourth-order valence-corrected chi connectivity index (χ4v) is 3.06. The summed E-state index contributed by atoms with van der Waals surface area (Å²) in [6.07, 6.45) is 1.41. The largest absolute Gasteiger partial charge is 0.465 e. The van der Waals surface area contributed by atoms with E-state index in [9.17, 15) is 14.0 Å². The van der Waals surface area contributed by atoms with E-state index in [0.29, 0.717) is 10.9 Å². The van der Waals surface area contributed by atoms with Crippen molar-refractivity contribution in [2.75, 3.05) is 7.11 Å². The van der Waals surface area contributed by atoms with Crippen LogP contribution in [0.15, 0.2) is 65.6 Å². The van der Waals surface area contributed by atoms with Crippen LogP contribution in [-0.4, -0.2) is 22.7 Å². The highest BCUT2D eigenvalue weighted by Crippen LogP contribution is 2.27. The predicted octanol–water partition coefficient (Wildman–Crippen LogP) is 3.44. The van der Waals surface area contributed by atoms with E-state index in [2.05, 4.69) is 5.10 Å². The molecule has 4 rings (SSSR count). The normalized spacial score (nSPS) is 11.0. The Morgan fingerprint density at radius 3 is 2.62 bits per heavy atom. The Labute approximate surface area is 147 Å². The lowest BCUT2D eigenvalue weighted by Crippen LogP contribution is -2.22. The Morgan fingerprint density at radius 2 is 1.88 bits per heavy atom. The van der Waals surface area contributed by atoms with Gasteiger partial charge >= 0.3 is 5.97 Å². The van der Waals surface area contributed by atoms with Crippen molar-refractivity contribution in [2.45, 2.75) is 0 Å². The molecular formula is C20H13FN2O3. The van der Waals surface area contributed by atoms with Crippen molar-refractivity contribution in [3.05, 3.63) is 82.5 Å². The summed E-state index contributed by atoms with van der Waals surface area (Å²) in [4.78, 5) is 25.4. The quantitative estimate of drug-likeness (QED) is 0.411. The van der Waals surface area contributed by atoms with Crippen LogP contribution in [0.25, 0.3) is 27.4 Å². The van der Waals surface area contributed by atoms with Gasteiger partial charge in [-0.1, -0.05) is 42.5 Å². The highest BCUT2D eigenvalue weighted by atomic mass is 19.1. The number of carbonyl (C=O) groups is 1. The number of aromatic nitrogens is 2. The van der Waals surface area contributed by atoms with Gasteiger partial charge in [0.15, 0.2) is 0 Å². The van der Waals surface area contributed by atoms with E-state index < -0.39 is 17.3 Å². The molecule has 2 heterocycles. The zero-order chi connectivity index (χ0) is 18.3. The molecule has 2 aromatic carbocycles. The molecule has 0 aliphatic carbocycles. The van der Waals surface area contributed by atoms with Crippen LogP contribution in [0.1, 0.15) is 10.4 Å². The summed E-state index contributed by atoms with van der Waals surface area (Å²) in [7, 11) is 1.24. The van der Waals surface area contributed by atoms with Crippen LogP contribution in [0.3, 0.4) is 0 Å². The third kappa shape index (κ3) is 2.35. The van der Waals surface area contributed by atoms with E-state index in [1.807, 2.05) is 6.07 Å². The predicted molar refractivity (Wildman–Crippen MR) is 95.7 cm³/mol. The van der Waals surface area contributed by atoms with E-state index in [-0.39, 0.29) is 22.0 Å². The van der Waals surface area contributed by atoms with Gasteiger partial charge < -0.3 is 4.74 Å². The number of esters is 1. The van der Waals surface area contributed by atoms with E-state index in [0.717, 1.165) is 4.52 Å². The van der Waals surface area contributed by atoms with Crippen molar-refractivity contribution in [3.63, 3.8) is 0 Å². The fourth-order valence-electron chi connectivity index (χ4n) is 3.06. The molecule has 2 aromatic heterocycles. The number of fused-ring (bicyclic) bond motifs is 3. The first-order valence-corrected chi connectivity index (χ1v) is 7.89. The minimum absolute atomic E-state index is 0.0779. The third-order valence-electron chi connectivity index (χ3n) is 4.26. The monoisotopic (exact) mass is 348 g/mol. The fraction of sp³-hybridized carbons (Fsp3) is 0.0500. The van der Waals surface area contributed by atoms with Crippen LogP contribution in [0.5, 0.6) is 0 Å². The number of hydrogen-bond acceptors (Lipinski definition) is 4. The maximum absolute atomic E-state index is 14.5. The molecule has 6 heteroatoms. The lowest BCUT2D eigenvalue weighted by atomic mass is 10.0. The lowest BCUT2D eigenvalue weighted by Gasteiger charge is -2.12. The summed E-state index contributed by atoms with van der Waals surface area (Å²) in [6.45, 7) is 0. The molecule has 0 aliphatic heterocycles. The lowest BCUT2D eigenvalue weighted by molar-refractivity contribution is 0.0602. The Bertz CT molecular complexity index is 1220. The van der Waals surface area contributed by atoms with Crippen molar-refractivity contribution >= 4 is 22.3 Å². The summed E-state index contributed by atoms with van der Waals surface area (Å²) < 4.78 is 20.4. The molecule has 0 fully saturated rings. The van der Waals surface area contributed by atoms with Crippen LogP contribution >= 0.6 is 0 Å². The molecule has 5 nitrogen and oxygen atoms in total. The SMILES string of the molecule is COC(=O)c1cc(-c2ccccc2)c(=O)n2ncc3cccc(F)c3c12. The maximum atomic E-state index is 14.5. The van der Waals surface area contributed by atoms with E-state index in [1.54, 1.807) is 36.4 Å². The summed E-state index contributed by atoms with van der Waals surface area (Å²) in [5.74, 6) is -1.21. The number of hydrogen-bond donors (Lipinski definition) is 0. The van der Waals surface area contributed by atoms with Crippen LogP contribution in [0.2, 0.25) is 0 Å². The Hall–Kier alpha value is -3.54. The van der Waals surface area contributed by atoms with E-state index in [4.69, 9.17) is 4.74 Å². The minimum Gasteiger partial charge on any atom is -0.465 e. The molecule has 0 saturated carbocycles. The number of benzene rings is 2. The van der Waals surface area contributed by atoms with Gasteiger partial charge in [0.25, 0.3) is 5.56 Å². The number of rotatable bonds is 2. The zero-order valence-electron chi connectivity index (χ0n) is 13.8. The minimum atomic E-state index is -0.669.